The van der Waals surface area contributed by atoms with Gasteiger partial charge in [0, 0.05) is 12.1 Å². The number of hydrogen-bond donors (Lipinski definition) is 0. The minimum Gasteiger partial charge on any atom is -0.299 e. The second-order valence-electron chi connectivity index (χ2n) is 3.50. The van der Waals surface area contributed by atoms with Gasteiger partial charge < -0.3 is 0 Å². The number of pyridine rings is 1. The first-order chi connectivity index (χ1) is 6.66. The Kier molecular flexibility index (Phi) is 2.75. The molecule has 4 heteroatoms. The molecule has 0 radical (unpaired) electrons. The highest BCUT2D eigenvalue weighted by Gasteiger charge is 2.29. The Hall–Kier alpha value is -0.600. The molecule has 0 aliphatic heterocycles. The van der Waals surface area contributed by atoms with Gasteiger partial charge in [-0.15, -0.1) is 0 Å². The van der Waals surface area contributed by atoms with E-state index in [4.69, 9.17) is 23.2 Å². The van der Waals surface area contributed by atoms with E-state index in [0.29, 0.717) is 22.2 Å². The standard InChI is InChI=1S/C10H9Cl2NO/c11-7-3-8(12)9(13-5-7)4-10(14)6-1-2-6/h3,5-6H,1-2,4H2. The Bertz CT molecular complexity index is 374. The van der Waals surface area contributed by atoms with Gasteiger partial charge in [0.05, 0.1) is 22.2 Å². The predicted molar refractivity (Wildman–Crippen MR) is 55.7 cm³/mol. The molecule has 1 heterocycles. The molecule has 0 amide bonds. The summed E-state index contributed by atoms with van der Waals surface area (Å²) in [6.45, 7) is 0. The van der Waals surface area contributed by atoms with Crippen LogP contribution in [0, 0.1) is 5.92 Å². The average molecular weight is 230 g/mol. The average Bonchev–Trinajstić information content (AvgIpc) is 2.92. The van der Waals surface area contributed by atoms with E-state index >= 15 is 0 Å². The molecule has 2 nitrogen and oxygen atoms in total. The smallest absolute Gasteiger partial charge is 0.141 e. The Morgan fingerprint density at radius 2 is 2.21 bits per heavy atom. The maximum absolute atomic E-state index is 11.5. The molecule has 1 aromatic heterocycles. The van der Waals surface area contributed by atoms with E-state index in [1.54, 1.807) is 6.07 Å². The fourth-order valence-electron chi connectivity index (χ4n) is 1.29. The van der Waals surface area contributed by atoms with Gasteiger partial charge in [0.1, 0.15) is 5.78 Å². The Morgan fingerprint density at radius 3 is 2.79 bits per heavy atom. The van der Waals surface area contributed by atoms with E-state index < -0.39 is 0 Å². The van der Waals surface area contributed by atoms with Gasteiger partial charge in [0.2, 0.25) is 0 Å². The van der Waals surface area contributed by atoms with Crippen molar-refractivity contribution in [3.63, 3.8) is 0 Å². The summed E-state index contributed by atoms with van der Waals surface area (Å²) in [7, 11) is 0. The molecule has 0 aromatic carbocycles. The molecular weight excluding hydrogens is 221 g/mol. The van der Waals surface area contributed by atoms with Crippen molar-refractivity contribution in [2.24, 2.45) is 5.92 Å². The lowest BCUT2D eigenvalue weighted by atomic mass is 10.1. The maximum Gasteiger partial charge on any atom is 0.141 e. The van der Waals surface area contributed by atoms with E-state index in [1.165, 1.54) is 6.20 Å². The molecule has 0 unspecified atom stereocenters. The predicted octanol–water partition coefficient (Wildman–Crippen LogP) is 2.91. The number of rotatable bonds is 3. The first kappa shape index (κ1) is 9.94. The highest BCUT2D eigenvalue weighted by molar-refractivity contribution is 6.34. The van der Waals surface area contributed by atoms with Crippen molar-refractivity contribution in [2.45, 2.75) is 19.3 Å². The third-order valence-corrected chi connectivity index (χ3v) is 2.79. The SMILES string of the molecule is O=C(Cc1ncc(Cl)cc1Cl)C1CC1. The fourth-order valence-corrected chi connectivity index (χ4v) is 1.73. The quantitative estimate of drug-likeness (QED) is 0.798. The van der Waals surface area contributed by atoms with E-state index in [1.807, 2.05) is 0 Å². The van der Waals surface area contributed by atoms with Crippen molar-refractivity contribution < 1.29 is 4.79 Å². The summed E-state index contributed by atoms with van der Waals surface area (Å²) in [5.74, 6) is 0.491. The lowest BCUT2D eigenvalue weighted by Gasteiger charge is -2.01. The summed E-state index contributed by atoms with van der Waals surface area (Å²) in [4.78, 5) is 15.5. The summed E-state index contributed by atoms with van der Waals surface area (Å²) >= 11 is 11.6. The zero-order valence-electron chi connectivity index (χ0n) is 7.46. The number of carbonyl (C=O) groups is 1. The zero-order valence-corrected chi connectivity index (χ0v) is 8.98. The first-order valence-corrected chi connectivity index (χ1v) is 5.25. The van der Waals surface area contributed by atoms with Crippen LogP contribution in [-0.2, 0) is 11.2 Å². The van der Waals surface area contributed by atoms with Crippen molar-refractivity contribution in [1.29, 1.82) is 0 Å². The number of hydrogen-bond acceptors (Lipinski definition) is 2. The van der Waals surface area contributed by atoms with Crippen LogP contribution in [0.2, 0.25) is 10.0 Å². The van der Waals surface area contributed by atoms with Gasteiger partial charge in [-0.25, -0.2) is 0 Å². The van der Waals surface area contributed by atoms with Crippen molar-refractivity contribution in [3.05, 3.63) is 28.0 Å². The van der Waals surface area contributed by atoms with Gasteiger partial charge in [-0.05, 0) is 18.9 Å². The molecule has 1 aliphatic rings. The van der Waals surface area contributed by atoms with Crippen LogP contribution in [0.5, 0.6) is 0 Å². The zero-order chi connectivity index (χ0) is 10.1. The highest BCUT2D eigenvalue weighted by atomic mass is 35.5. The summed E-state index contributed by atoms with van der Waals surface area (Å²) in [5, 5.41) is 0.976. The first-order valence-electron chi connectivity index (χ1n) is 4.49. The lowest BCUT2D eigenvalue weighted by Crippen LogP contribution is -2.06. The molecule has 2 rings (SSSR count). The van der Waals surface area contributed by atoms with Crippen molar-refractivity contribution >= 4 is 29.0 Å². The number of nitrogens with zero attached hydrogens (tertiary/aromatic N) is 1. The summed E-state index contributed by atoms with van der Waals surface area (Å²) < 4.78 is 0. The molecule has 0 spiro atoms. The highest BCUT2D eigenvalue weighted by Crippen LogP contribution is 2.31. The Balaban J connectivity index is 2.11. The molecule has 0 N–H and O–H groups in total. The van der Waals surface area contributed by atoms with Crippen LogP contribution in [-0.4, -0.2) is 10.8 Å². The van der Waals surface area contributed by atoms with Crippen LogP contribution in [0.1, 0.15) is 18.5 Å². The normalized spacial score (nSPS) is 15.6. The van der Waals surface area contributed by atoms with Crippen molar-refractivity contribution in [3.8, 4) is 0 Å². The number of ketones is 1. The fraction of sp³-hybridized carbons (Fsp3) is 0.400. The molecule has 1 fully saturated rings. The van der Waals surface area contributed by atoms with Crippen LogP contribution >= 0.6 is 23.2 Å². The van der Waals surface area contributed by atoms with Crippen LogP contribution in [0.4, 0.5) is 0 Å². The molecule has 74 valence electrons. The van der Waals surface area contributed by atoms with Gasteiger partial charge in [0.25, 0.3) is 0 Å². The molecule has 1 saturated carbocycles. The van der Waals surface area contributed by atoms with Gasteiger partial charge in [0.15, 0.2) is 0 Å². The minimum absolute atomic E-state index is 0.238. The molecule has 0 atom stereocenters. The van der Waals surface area contributed by atoms with Crippen LogP contribution < -0.4 is 0 Å². The molecule has 1 aliphatic carbocycles. The third-order valence-electron chi connectivity index (χ3n) is 2.26. The molecule has 14 heavy (non-hydrogen) atoms. The summed E-state index contributed by atoms with van der Waals surface area (Å²) in [6, 6.07) is 1.62. The molecular formula is C10H9Cl2NO. The Labute approximate surface area is 92.2 Å². The number of aromatic nitrogens is 1. The van der Waals surface area contributed by atoms with Gasteiger partial charge in [-0.1, -0.05) is 23.2 Å². The van der Waals surface area contributed by atoms with Crippen molar-refractivity contribution in [1.82, 2.24) is 4.98 Å². The van der Waals surface area contributed by atoms with E-state index in [0.717, 1.165) is 12.8 Å². The van der Waals surface area contributed by atoms with E-state index in [-0.39, 0.29) is 11.7 Å². The summed E-state index contributed by atoms with van der Waals surface area (Å²) in [6.07, 6.45) is 3.89. The summed E-state index contributed by atoms with van der Waals surface area (Å²) in [5.41, 5.74) is 0.632. The number of Topliss-reactive ketones (excluding diaryl/α,β-unsaturated/α-hetero) is 1. The van der Waals surface area contributed by atoms with Gasteiger partial charge >= 0.3 is 0 Å². The number of carbonyl (C=O) groups excluding carboxylic acids is 1. The second-order valence-corrected chi connectivity index (χ2v) is 4.34. The number of halogens is 2. The molecule has 0 bridgehead atoms. The molecule has 1 aromatic rings. The van der Waals surface area contributed by atoms with E-state index in [2.05, 4.69) is 4.98 Å². The largest absolute Gasteiger partial charge is 0.299 e. The van der Waals surface area contributed by atoms with Crippen LogP contribution in [0.15, 0.2) is 12.3 Å². The second kappa shape index (κ2) is 3.87. The van der Waals surface area contributed by atoms with Gasteiger partial charge in [-0.2, -0.15) is 0 Å². The molecule has 0 saturated heterocycles. The maximum atomic E-state index is 11.5. The van der Waals surface area contributed by atoms with E-state index in [9.17, 15) is 4.79 Å². The van der Waals surface area contributed by atoms with Crippen LogP contribution in [0.3, 0.4) is 0 Å². The minimum atomic E-state index is 0.238. The lowest BCUT2D eigenvalue weighted by molar-refractivity contribution is -0.119. The van der Waals surface area contributed by atoms with Crippen LogP contribution in [0.25, 0.3) is 0 Å². The monoisotopic (exact) mass is 229 g/mol. The van der Waals surface area contributed by atoms with Gasteiger partial charge in [-0.3, -0.25) is 9.78 Å². The van der Waals surface area contributed by atoms with Crippen molar-refractivity contribution in [2.75, 3.05) is 0 Å². The Morgan fingerprint density at radius 1 is 1.50 bits per heavy atom. The topological polar surface area (TPSA) is 30.0 Å². The third kappa shape index (κ3) is 2.25.